The fourth-order valence-corrected chi connectivity index (χ4v) is 2.27. The Morgan fingerprint density at radius 3 is 2.84 bits per heavy atom. The summed E-state index contributed by atoms with van der Waals surface area (Å²) in [4.78, 5) is 21.8. The van der Waals surface area contributed by atoms with Crippen molar-refractivity contribution in [1.82, 2.24) is 5.32 Å². The maximum atomic E-state index is 11.5. The lowest BCUT2D eigenvalue weighted by Gasteiger charge is -2.26. The highest BCUT2D eigenvalue weighted by Gasteiger charge is 2.25. The van der Waals surface area contributed by atoms with Crippen LogP contribution in [0.5, 0.6) is 0 Å². The summed E-state index contributed by atoms with van der Waals surface area (Å²) in [7, 11) is 0. The van der Waals surface area contributed by atoms with Gasteiger partial charge in [0.2, 0.25) is 5.91 Å². The smallest absolute Gasteiger partial charge is 0.270 e. The molecule has 2 rings (SSSR count). The van der Waals surface area contributed by atoms with E-state index in [4.69, 9.17) is 10.5 Å². The molecule has 7 heteroatoms. The molecule has 0 saturated carbocycles. The first kappa shape index (κ1) is 13.4. The minimum Gasteiger partial charge on any atom is -0.371 e. The van der Waals surface area contributed by atoms with Gasteiger partial charge in [0, 0.05) is 25.2 Å². The third-order valence-electron chi connectivity index (χ3n) is 3.10. The zero-order valence-corrected chi connectivity index (χ0v) is 10.5. The van der Waals surface area contributed by atoms with Crippen LogP contribution in [0.4, 0.5) is 5.69 Å². The van der Waals surface area contributed by atoms with Gasteiger partial charge in [0.05, 0.1) is 23.2 Å². The van der Waals surface area contributed by atoms with Crippen molar-refractivity contribution in [1.29, 1.82) is 0 Å². The number of carbonyl (C=O) groups excluding carboxylic acids is 1. The molecule has 1 amide bonds. The second-order valence-corrected chi connectivity index (χ2v) is 4.41. The van der Waals surface area contributed by atoms with Gasteiger partial charge in [-0.15, -0.1) is 0 Å². The predicted octanol–water partition coefficient (Wildman–Crippen LogP) is 0.663. The number of ether oxygens (including phenoxy) is 1. The molecule has 1 heterocycles. The molecule has 1 aliphatic heterocycles. The highest BCUT2D eigenvalue weighted by Crippen LogP contribution is 2.29. The molecular weight excluding hydrogens is 250 g/mol. The van der Waals surface area contributed by atoms with E-state index in [0.29, 0.717) is 24.3 Å². The number of nitrogens with zero attached hydrogens (tertiary/aromatic N) is 1. The first-order valence-electron chi connectivity index (χ1n) is 5.91. The van der Waals surface area contributed by atoms with Crippen LogP contribution in [0.25, 0.3) is 0 Å². The summed E-state index contributed by atoms with van der Waals surface area (Å²) in [6.45, 7) is 3.54. The normalized spacial score (nSPS) is 19.1. The Morgan fingerprint density at radius 2 is 2.32 bits per heavy atom. The number of aryl methyl sites for hydroxylation is 1. The molecular formula is C12H15N3O4. The zero-order valence-electron chi connectivity index (χ0n) is 10.5. The molecule has 0 aromatic heterocycles. The molecule has 1 unspecified atom stereocenters. The van der Waals surface area contributed by atoms with Crippen LogP contribution in [-0.4, -0.2) is 30.5 Å². The Labute approximate surface area is 109 Å². The molecule has 0 bridgehead atoms. The van der Waals surface area contributed by atoms with Gasteiger partial charge in [0.15, 0.2) is 0 Å². The van der Waals surface area contributed by atoms with E-state index in [1.807, 2.05) is 0 Å². The molecule has 1 atom stereocenters. The van der Waals surface area contributed by atoms with Crippen molar-refractivity contribution in [2.24, 2.45) is 5.73 Å². The summed E-state index contributed by atoms with van der Waals surface area (Å²) in [5, 5.41) is 14.0. The van der Waals surface area contributed by atoms with Gasteiger partial charge >= 0.3 is 0 Å². The fourth-order valence-electron chi connectivity index (χ4n) is 2.27. The molecule has 3 N–H and O–H groups in total. The Morgan fingerprint density at radius 1 is 1.58 bits per heavy atom. The number of nitrogens with two attached hydrogens (primary N) is 1. The second-order valence-electron chi connectivity index (χ2n) is 4.41. The van der Waals surface area contributed by atoms with E-state index < -0.39 is 10.8 Å². The molecule has 0 radical (unpaired) electrons. The van der Waals surface area contributed by atoms with Gasteiger partial charge in [-0.05, 0) is 18.1 Å². The topological polar surface area (TPSA) is 107 Å². The predicted molar refractivity (Wildman–Crippen MR) is 67.9 cm³/mol. The molecule has 1 aromatic rings. The Kier molecular flexibility index (Phi) is 3.77. The van der Waals surface area contributed by atoms with E-state index in [9.17, 15) is 14.9 Å². The quantitative estimate of drug-likeness (QED) is 0.616. The highest BCUT2D eigenvalue weighted by molar-refractivity contribution is 5.95. The van der Waals surface area contributed by atoms with Crippen molar-refractivity contribution in [3.05, 3.63) is 38.9 Å². The first-order chi connectivity index (χ1) is 9.00. The average molecular weight is 265 g/mol. The summed E-state index contributed by atoms with van der Waals surface area (Å²) < 4.78 is 5.60. The number of carbonyl (C=O) groups is 1. The van der Waals surface area contributed by atoms with Gasteiger partial charge in [-0.25, -0.2) is 0 Å². The Hall–Kier alpha value is -1.99. The number of morpholine rings is 1. The average Bonchev–Trinajstić information content (AvgIpc) is 2.38. The number of nitro groups is 1. The van der Waals surface area contributed by atoms with Gasteiger partial charge in [0.1, 0.15) is 0 Å². The molecule has 1 aliphatic rings. The molecule has 1 saturated heterocycles. The number of primary amides is 1. The molecule has 0 spiro atoms. The lowest BCUT2D eigenvalue weighted by Crippen LogP contribution is -2.34. The van der Waals surface area contributed by atoms with Crippen LogP contribution >= 0.6 is 0 Å². The van der Waals surface area contributed by atoms with Crippen molar-refractivity contribution in [2.45, 2.75) is 13.0 Å². The van der Waals surface area contributed by atoms with Gasteiger partial charge in [0.25, 0.3) is 5.69 Å². The number of non-ortho nitro benzene ring substituents is 1. The van der Waals surface area contributed by atoms with E-state index in [1.165, 1.54) is 12.1 Å². The van der Waals surface area contributed by atoms with Crippen LogP contribution in [-0.2, 0) is 4.74 Å². The number of hydrogen-bond donors (Lipinski definition) is 2. The van der Waals surface area contributed by atoms with E-state index in [-0.39, 0.29) is 17.4 Å². The maximum absolute atomic E-state index is 11.5. The van der Waals surface area contributed by atoms with Crippen LogP contribution in [0.1, 0.15) is 27.6 Å². The SMILES string of the molecule is Cc1cc([N+](=O)[O-])cc(C(N)=O)c1C1CNCCO1. The van der Waals surface area contributed by atoms with Crippen LogP contribution in [0.3, 0.4) is 0 Å². The minimum atomic E-state index is -0.684. The van der Waals surface area contributed by atoms with E-state index >= 15 is 0 Å². The monoisotopic (exact) mass is 265 g/mol. The third-order valence-corrected chi connectivity index (χ3v) is 3.10. The third kappa shape index (κ3) is 2.72. The number of benzene rings is 1. The van der Waals surface area contributed by atoms with Crippen molar-refractivity contribution in [3.63, 3.8) is 0 Å². The first-order valence-corrected chi connectivity index (χ1v) is 5.91. The number of hydrogen-bond acceptors (Lipinski definition) is 5. The summed E-state index contributed by atoms with van der Waals surface area (Å²) in [5.41, 5.74) is 6.60. The lowest BCUT2D eigenvalue weighted by atomic mass is 9.95. The fraction of sp³-hybridized carbons (Fsp3) is 0.417. The van der Waals surface area contributed by atoms with Crippen LogP contribution in [0.15, 0.2) is 12.1 Å². The summed E-state index contributed by atoms with van der Waals surface area (Å²) in [6.07, 6.45) is -0.308. The van der Waals surface area contributed by atoms with Crippen LogP contribution in [0.2, 0.25) is 0 Å². The van der Waals surface area contributed by atoms with Gasteiger partial charge < -0.3 is 15.8 Å². The minimum absolute atomic E-state index is 0.140. The lowest BCUT2D eigenvalue weighted by molar-refractivity contribution is -0.384. The number of nitrogens with one attached hydrogen (secondary N) is 1. The van der Waals surface area contributed by atoms with E-state index in [2.05, 4.69) is 5.32 Å². The van der Waals surface area contributed by atoms with Crippen molar-refractivity contribution >= 4 is 11.6 Å². The van der Waals surface area contributed by atoms with Gasteiger partial charge in [-0.1, -0.05) is 0 Å². The number of amides is 1. The Balaban J connectivity index is 2.51. The van der Waals surface area contributed by atoms with E-state index in [1.54, 1.807) is 6.92 Å². The molecule has 0 aliphatic carbocycles. The number of rotatable bonds is 3. The van der Waals surface area contributed by atoms with Crippen molar-refractivity contribution < 1.29 is 14.5 Å². The Bertz CT molecular complexity index is 524. The van der Waals surface area contributed by atoms with Crippen molar-refractivity contribution in [2.75, 3.05) is 19.7 Å². The highest BCUT2D eigenvalue weighted by atomic mass is 16.6. The molecule has 102 valence electrons. The molecule has 1 aromatic carbocycles. The van der Waals surface area contributed by atoms with Crippen molar-refractivity contribution in [3.8, 4) is 0 Å². The van der Waals surface area contributed by atoms with Crippen LogP contribution in [0, 0.1) is 17.0 Å². The van der Waals surface area contributed by atoms with Crippen LogP contribution < -0.4 is 11.1 Å². The molecule has 1 fully saturated rings. The zero-order chi connectivity index (χ0) is 14.0. The second kappa shape index (κ2) is 5.33. The largest absolute Gasteiger partial charge is 0.371 e. The molecule has 19 heavy (non-hydrogen) atoms. The standard InChI is InChI=1S/C12H15N3O4/c1-7-4-8(15(17)18)5-9(12(13)16)11(7)10-6-14-2-3-19-10/h4-5,10,14H,2-3,6H2,1H3,(H2,13,16). The van der Waals surface area contributed by atoms with Gasteiger partial charge in [-0.3, -0.25) is 14.9 Å². The van der Waals surface area contributed by atoms with E-state index in [0.717, 1.165) is 6.54 Å². The number of nitro benzene ring substituents is 1. The van der Waals surface area contributed by atoms with Gasteiger partial charge in [-0.2, -0.15) is 0 Å². The summed E-state index contributed by atoms with van der Waals surface area (Å²) >= 11 is 0. The maximum Gasteiger partial charge on any atom is 0.270 e. The summed E-state index contributed by atoms with van der Waals surface area (Å²) in [5.74, 6) is -0.684. The summed E-state index contributed by atoms with van der Waals surface area (Å²) in [6, 6.07) is 2.64. The molecule has 7 nitrogen and oxygen atoms in total.